The van der Waals surface area contributed by atoms with Crippen molar-refractivity contribution < 1.29 is 4.52 Å². The maximum Gasteiger partial charge on any atom is 0.438 e. The topological polar surface area (TPSA) is 70.9 Å². The van der Waals surface area contributed by atoms with Crippen LogP contribution in [0.15, 0.2) is 9.32 Å². The monoisotopic (exact) mass is 155 g/mol. The molecule has 0 aromatic carbocycles. The molecule has 5 nitrogen and oxygen atoms in total. The zero-order chi connectivity index (χ0) is 7.68. The summed E-state index contributed by atoms with van der Waals surface area (Å²) < 4.78 is 4.32. The highest BCUT2D eigenvalue weighted by molar-refractivity contribution is 4.85. The molecule has 1 saturated carbocycles. The number of hydrogen-bond donors (Lipinski definition) is 2. The summed E-state index contributed by atoms with van der Waals surface area (Å²) in [6, 6.07) is 0.621. The third kappa shape index (κ3) is 1.68. The molecule has 0 aliphatic heterocycles. The van der Waals surface area contributed by atoms with E-state index in [9.17, 15) is 4.79 Å². The lowest BCUT2D eigenvalue weighted by Crippen LogP contribution is -2.16. The van der Waals surface area contributed by atoms with Gasteiger partial charge in [0.05, 0.1) is 6.54 Å². The van der Waals surface area contributed by atoms with Crippen molar-refractivity contribution in [2.45, 2.75) is 25.4 Å². The molecule has 1 aliphatic carbocycles. The first-order chi connectivity index (χ1) is 5.34. The first kappa shape index (κ1) is 6.60. The van der Waals surface area contributed by atoms with Gasteiger partial charge in [-0.05, 0) is 12.8 Å². The third-order valence-electron chi connectivity index (χ3n) is 1.62. The van der Waals surface area contributed by atoms with Crippen LogP contribution in [0.1, 0.15) is 18.7 Å². The van der Waals surface area contributed by atoms with Gasteiger partial charge in [0.2, 0.25) is 0 Å². The highest BCUT2D eigenvalue weighted by Crippen LogP contribution is 2.18. The van der Waals surface area contributed by atoms with Crippen LogP contribution in [-0.4, -0.2) is 16.2 Å². The van der Waals surface area contributed by atoms with Gasteiger partial charge < -0.3 is 5.32 Å². The molecule has 0 spiro atoms. The normalized spacial score (nSPS) is 17.1. The molecule has 60 valence electrons. The average molecular weight is 155 g/mol. The SMILES string of the molecule is O=c1[nH]c(CNC2CC2)no1. The fourth-order valence-corrected chi connectivity index (χ4v) is 0.865. The Morgan fingerprint density at radius 1 is 1.73 bits per heavy atom. The summed E-state index contributed by atoms with van der Waals surface area (Å²) in [6.45, 7) is 0.594. The van der Waals surface area contributed by atoms with Crippen molar-refractivity contribution in [1.29, 1.82) is 0 Å². The quantitative estimate of drug-likeness (QED) is 0.624. The largest absolute Gasteiger partial charge is 0.438 e. The maximum absolute atomic E-state index is 10.4. The van der Waals surface area contributed by atoms with Gasteiger partial charge in [0, 0.05) is 6.04 Å². The molecular weight excluding hydrogens is 146 g/mol. The summed E-state index contributed by atoms with van der Waals surface area (Å²) >= 11 is 0. The molecule has 0 amide bonds. The van der Waals surface area contributed by atoms with Crippen LogP contribution in [0.3, 0.4) is 0 Å². The Labute approximate surface area is 62.8 Å². The molecule has 2 N–H and O–H groups in total. The fraction of sp³-hybridized carbons (Fsp3) is 0.667. The van der Waals surface area contributed by atoms with Crippen LogP contribution in [0.4, 0.5) is 0 Å². The molecule has 1 fully saturated rings. The Morgan fingerprint density at radius 3 is 3.09 bits per heavy atom. The van der Waals surface area contributed by atoms with Crippen LogP contribution < -0.4 is 11.1 Å². The summed E-state index contributed by atoms with van der Waals surface area (Å²) in [7, 11) is 0. The van der Waals surface area contributed by atoms with Gasteiger partial charge in [0.1, 0.15) is 0 Å². The molecule has 1 aromatic rings. The fourth-order valence-electron chi connectivity index (χ4n) is 0.865. The van der Waals surface area contributed by atoms with Crippen LogP contribution in [0.2, 0.25) is 0 Å². The van der Waals surface area contributed by atoms with Crippen LogP contribution in [0.5, 0.6) is 0 Å². The first-order valence-electron chi connectivity index (χ1n) is 3.63. The Balaban J connectivity index is 1.89. The lowest BCUT2D eigenvalue weighted by molar-refractivity contribution is 0.379. The van der Waals surface area contributed by atoms with Gasteiger partial charge in [-0.25, -0.2) is 4.79 Å². The molecule has 11 heavy (non-hydrogen) atoms. The van der Waals surface area contributed by atoms with Crippen molar-refractivity contribution in [3.63, 3.8) is 0 Å². The molecule has 0 radical (unpaired) electrons. The predicted octanol–water partition coefficient (Wildman–Crippen LogP) is -0.385. The van der Waals surface area contributed by atoms with Gasteiger partial charge in [0.15, 0.2) is 5.82 Å². The number of aromatic nitrogens is 2. The average Bonchev–Trinajstić information content (AvgIpc) is 2.72. The Morgan fingerprint density at radius 2 is 2.55 bits per heavy atom. The highest BCUT2D eigenvalue weighted by Gasteiger charge is 2.20. The summed E-state index contributed by atoms with van der Waals surface area (Å²) in [5.41, 5.74) is 0. The van der Waals surface area contributed by atoms with Gasteiger partial charge >= 0.3 is 5.76 Å². The van der Waals surface area contributed by atoms with E-state index in [0.29, 0.717) is 18.4 Å². The lowest BCUT2D eigenvalue weighted by atomic mass is 10.5. The summed E-state index contributed by atoms with van der Waals surface area (Å²) in [4.78, 5) is 12.9. The second kappa shape index (κ2) is 2.50. The molecule has 1 aliphatic rings. The number of aromatic amines is 1. The van der Waals surface area contributed by atoms with Gasteiger partial charge in [-0.2, -0.15) is 0 Å². The van der Waals surface area contributed by atoms with Crippen molar-refractivity contribution in [3.8, 4) is 0 Å². The van der Waals surface area contributed by atoms with Crippen LogP contribution >= 0.6 is 0 Å². The van der Waals surface area contributed by atoms with Gasteiger partial charge in [-0.1, -0.05) is 5.16 Å². The maximum atomic E-state index is 10.4. The van der Waals surface area contributed by atoms with Gasteiger partial charge in [-0.3, -0.25) is 9.51 Å². The number of hydrogen-bond acceptors (Lipinski definition) is 4. The number of H-pyrrole nitrogens is 1. The Bertz CT molecular complexity index is 286. The van der Waals surface area contributed by atoms with Gasteiger partial charge in [-0.15, -0.1) is 0 Å². The van der Waals surface area contributed by atoms with Crippen molar-refractivity contribution in [1.82, 2.24) is 15.5 Å². The van der Waals surface area contributed by atoms with Gasteiger partial charge in [0.25, 0.3) is 0 Å². The molecule has 1 aromatic heterocycles. The van der Waals surface area contributed by atoms with E-state index in [-0.39, 0.29) is 0 Å². The zero-order valence-corrected chi connectivity index (χ0v) is 5.96. The standard InChI is InChI=1S/C6H9N3O2/c10-6-8-5(9-11-6)3-7-4-1-2-4/h4,7H,1-3H2,(H,8,9,10). The van der Waals surface area contributed by atoms with E-state index < -0.39 is 5.76 Å². The summed E-state index contributed by atoms with van der Waals surface area (Å²) in [5, 5.41) is 6.70. The number of rotatable bonds is 3. The molecule has 1 heterocycles. The predicted molar refractivity (Wildman–Crippen MR) is 37.0 cm³/mol. The molecule has 2 rings (SSSR count). The Hall–Kier alpha value is -1.10. The number of nitrogens with one attached hydrogen (secondary N) is 2. The second-order valence-corrected chi connectivity index (χ2v) is 2.70. The number of nitrogens with zero attached hydrogens (tertiary/aromatic N) is 1. The Kier molecular flexibility index (Phi) is 1.50. The van der Waals surface area contributed by atoms with Crippen LogP contribution in [0.25, 0.3) is 0 Å². The molecule has 0 atom stereocenters. The van der Waals surface area contributed by atoms with E-state index in [1.807, 2.05) is 0 Å². The van der Waals surface area contributed by atoms with Crippen LogP contribution in [-0.2, 0) is 6.54 Å². The minimum absolute atomic E-state index is 0.488. The van der Waals surface area contributed by atoms with E-state index in [4.69, 9.17) is 0 Å². The van der Waals surface area contributed by atoms with Crippen molar-refractivity contribution in [2.75, 3.05) is 0 Å². The lowest BCUT2D eigenvalue weighted by Gasteiger charge is -1.94. The minimum Gasteiger partial charge on any atom is -0.307 e. The van der Waals surface area contributed by atoms with E-state index in [1.165, 1.54) is 12.8 Å². The van der Waals surface area contributed by atoms with Crippen molar-refractivity contribution in [2.24, 2.45) is 0 Å². The smallest absolute Gasteiger partial charge is 0.307 e. The second-order valence-electron chi connectivity index (χ2n) is 2.70. The van der Waals surface area contributed by atoms with Crippen LogP contribution in [0, 0.1) is 0 Å². The van der Waals surface area contributed by atoms with E-state index in [1.54, 1.807) is 0 Å². The van der Waals surface area contributed by atoms with Crippen molar-refractivity contribution >= 4 is 0 Å². The van der Waals surface area contributed by atoms with Crippen molar-refractivity contribution in [3.05, 3.63) is 16.4 Å². The first-order valence-corrected chi connectivity index (χ1v) is 3.63. The molecule has 5 heteroatoms. The summed E-state index contributed by atoms with van der Waals surface area (Å²) in [6.07, 6.45) is 2.45. The van der Waals surface area contributed by atoms with E-state index in [0.717, 1.165) is 0 Å². The van der Waals surface area contributed by atoms with E-state index in [2.05, 4.69) is 20.0 Å². The highest BCUT2D eigenvalue weighted by atomic mass is 16.5. The molecule has 0 saturated heterocycles. The zero-order valence-electron chi connectivity index (χ0n) is 5.96. The molecule has 0 bridgehead atoms. The molecular formula is C6H9N3O2. The molecule has 0 unspecified atom stereocenters. The third-order valence-corrected chi connectivity index (χ3v) is 1.62. The summed E-state index contributed by atoms with van der Waals surface area (Å²) in [5.74, 6) is 0.0829. The minimum atomic E-state index is -0.488. The van der Waals surface area contributed by atoms with E-state index >= 15 is 0 Å².